The first-order chi connectivity index (χ1) is 9.57. The average molecular weight is 319 g/mol. The Morgan fingerprint density at radius 1 is 1.19 bits per heavy atom. The highest BCUT2D eigenvalue weighted by molar-refractivity contribution is 8.00. The summed E-state index contributed by atoms with van der Waals surface area (Å²) < 4.78 is 36.9. The molecule has 0 amide bonds. The second kappa shape index (κ2) is 7.54. The summed E-state index contributed by atoms with van der Waals surface area (Å²) in [6.07, 6.45) is 0.511. The number of benzene rings is 1. The molecule has 0 bridgehead atoms. The van der Waals surface area contributed by atoms with E-state index in [1.54, 1.807) is 0 Å². The van der Waals surface area contributed by atoms with Crippen LogP contribution in [0.4, 0.5) is 13.2 Å². The zero-order valence-electron chi connectivity index (χ0n) is 13.1. The fourth-order valence-corrected chi connectivity index (χ4v) is 2.69. The SMILES string of the molecule is Cc1cccc(C(CCSC(F)(F)F)CNC(C)(C)C)c1. The Morgan fingerprint density at radius 3 is 2.38 bits per heavy atom. The molecule has 0 aliphatic carbocycles. The molecule has 120 valence electrons. The monoisotopic (exact) mass is 319 g/mol. The maximum absolute atomic E-state index is 12.3. The summed E-state index contributed by atoms with van der Waals surface area (Å²) in [4.78, 5) is 0. The Hall–Kier alpha value is -0.680. The van der Waals surface area contributed by atoms with E-state index in [0.717, 1.165) is 11.1 Å². The number of thioether (sulfide) groups is 1. The number of nitrogens with one attached hydrogen (secondary N) is 1. The summed E-state index contributed by atoms with van der Waals surface area (Å²) in [5.74, 6) is 0.187. The van der Waals surface area contributed by atoms with Crippen molar-refractivity contribution in [2.75, 3.05) is 12.3 Å². The topological polar surface area (TPSA) is 12.0 Å². The highest BCUT2D eigenvalue weighted by atomic mass is 32.2. The van der Waals surface area contributed by atoms with Gasteiger partial charge in [-0.1, -0.05) is 41.6 Å². The van der Waals surface area contributed by atoms with Gasteiger partial charge in [0.25, 0.3) is 0 Å². The van der Waals surface area contributed by atoms with Gasteiger partial charge in [-0.2, -0.15) is 13.2 Å². The van der Waals surface area contributed by atoms with Crippen LogP contribution in [0.15, 0.2) is 24.3 Å². The highest BCUT2D eigenvalue weighted by Crippen LogP contribution is 2.33. The molecule has 0 spiro atoms. The molecule has 0 fully saturated rings. The van der Waals surface area contributed by atoms with E-state index in [4.69, 9.17) is 0 Å². The normalized spacial score (nSPS) is 14.2. The number of hydrogen-bond acceptors (Lipinski definition) is 2. The van der Waals surface area contributed by atoms with Crippen molar-refractivity contribution in [1.82, 2.24) is 5.32 Å². The molecule has 1 atom stereocenters. The van der Waals surface area contributed by atoms with Gasteiger partial charge in [-0.05, 0) is 45.6 Å². The summed E-state index contributed by atoms with van der Waals surface area (Å²) in [6.45, 7) is 8.87. The highest BCUT2D eigenvalue weighted by Gasteiger charge is 2.28. The molecule has 0 aliphatic heterocycles. The van der Waals surface area contributed by atoms with Crippen LogP contribution in [-0.4, -0.2) is 23.3 Å². The van der Waals surface area contributed by atoms with E-state index in [1.807, 2.05) is 25.1 Å². The minimum Gasteiger partial charge on any atom is -0.311 e. The van der Waals surface area contributed by atoms with Crippen molar-refractivity contribution in [3.8, 4) is 0 Å². The van der Waals surface area contributed by atoms with E-state index >= 15 is 0 Å². The maximum Gasteiger partial charge on any atom is 0.441 e. The van der Waals surface area contributed by atoms with E-state index in [2.05, 4.69) is 32.2 Å². The molecule has 5 heteroatoms. The maximum atomic E-state index is 12.3. The predicted octanol–water partition coefficient (Wildman–Crippen LogP) is 5.11. The standard InChI is InChI=1S/C16H24F3NS/c1-12-6-5-7-13(10-12)14(11-20-15(2,3)4)8-9-21-16(17,18)19/h5-7,10,14,20H,8-9,11H2,1-4H3. The first-order valence-corrected chi connectivity index (χ1v) is 8.08. The van der Waals surface area contributed by atoms with Crippen LogP contribution in [0.25, 0.3) is 0 Å². The zero-order chi connectivity index (χ0) is 16.1. The van der Waals surface area contributed by atoms with Crippen molar-refractivity contribution in [3.63, 3.8) is 0 Å². The van der Waals surface area contributed by atoms with Crippen molar-refractivity contribution in [3.05, 3.63) is 35.4 Å². The summed E-state index contributed by atoms with van der Waals surface area (Å²) in [6, 6.07) is 8.03. The summed E-state index contributed by atoms with van der Waals surface area (Å²) >= 11 is 0.0663. The molecule has 21 heavy (non-hydrogen) atoms. The van der Waals surface area contributed by atoms with Crippen LogP contribution in [0.2, 0.25) is 0 Å². The number of hydrogen-bond donors (Lipinski definition) is 1. The minimum atomic E-state index is -4.14. The lowest BCUT2D eigenvalue weighted by atomic mass is 9.94. The van der Waals surface area contributed by atoms with Gasteiger partial charge in [0.2, 0.25) is 0 Å². The molecule has 0 saturated carbocycles. The molecule has 0 radical (unpaired) electrons. The van der Waals surface area contributed by atoms with Gasteiger partial charge in [0, 0.05) is 17.8 Å². The number of halogens is 3. The Morgan fingerprint density at radius 2 is 1.86 bits per heavy atom. The predicted molar refractivity (Wildman–Crippen MR) is 84.8 cm³/mol. The van der Waals surface area contributed by atoms with Crippen molar-refractivity contribution in [1.29, 1.82) is 0 Å². The molecule has 1 rings (SSSR count). The van der Waals surface area contributed by atoms with Crippen LogP contribution < -0.4 is 5.32 Å². The molecule has 1 nitrogen and oxygen atoms in total. The quantitative estimate of drug-likeness (QED) is 0.782. The largest absolute Gasteiger partial charge is 0.441 e. The van der Waals surface area contributed by atoms with E-state index < -0.39 is 5.51 Å². The van der Waals surface area contributed by atoms with Gasteiger partial charge >= 0.3 is 5.51 Å². The molecule has 0 saturated heterocycles. The number of rotatable bonds is 6. The lowest BCUT2D eigenvalue weighted by molar-refractivity contribution is -0.0328. The van der Waals surface area contributed by atoms with E-state index in [-0.39, 0.29) is 29.0 Å². The van der Waals surface area contributed by atoms with Gasteiger partial charge in [-0.3, -0.25) is 0 Å². The lowest BCUT2D eigenvalue weighted by Crippen LogP contribution is -2.38. The van der Waals surface area contributed by atoms with Crippen LogP contribution in [0, 0.1) is 6.92 Å². The fraction of sp³-hybridized carbons (Fsp3) is 0.625. The molecule has 0 heterocycles. The Balaban J connectivity index is 2.70. The van der Waals surface area contributed by atoms with Gasteiger partial charge in [0.15, 0.2) is 0 Å². The van der Waals surface area contributed by atoms with Crippen molar-refractivity contribution in [2.24, 2.45) is 0 Å². The van der Waals surface area contributed by atoms with Crippen LogP contribution >= 0.6 is 11.8 Å². The first-order valence-electron chi connectivity index (χ1n) is 7.09. The second-order valence-corrected chi connectivity index (χ2v) is 7.48. The van der Waals surface area contributed by atoms with Crippen molar-refractivity contribution in [2.45, 2.75) is 51.1 Å². The average Bonchev–Trinajstić information content (AvgIpc) is 2.30. The Bertz CT molecular complexity index is 438. The smallest absolute Gasteiger partial charge is 0.311 e. The van der Waals surface area contributed by atoms with E-state index in [1.165, 1.54) is 0 Å². The van der Waals surface area contributed by atoms with Gasteiger partial charge in [0.05, 0.1) is 0 Å². The van der Waals surface area contributed by atoms with Gasteiger partial charge in [-0.25, -0.2) is 0 Å². The summed E-state index contributed by atoms with van der Waals surface area (Å²) in [5, 5.41) is 3.40. The molecule has 1 aromatic carbocycles. The van der Waals surface area contributed by atoms with Gasteiger partial charge < -0.3 is 5.32 Å². The molecule has 0 aliphatic rings. The fourth-order valence-electron chi connectivity index (χ4n) is 2.06. The van der Waals surface area contributed by atoms with Crippen molar-refractivity contribution < 1.29 is 13.2 Å². The zero-order valence-corrected chi connectivity index (χ0v) is 13.9. The Labute approximate surface area is 129 Å². The summed E-state index contributed by atoms with van der Waals surface area (Å²) in [7, 11) is 0. The third-order valence-electron chi connectivity index (χ3n) is 3.12. The van der Waals surface area contributed by atoms with Crippen molar-refractivity contribution >= 4 is 11.8 Å². The molecule has 0 aromatic heterocycles. The molecule has 1 aromatic rings. The Kier molecular flexibility index (Phi) is 6.60. The number of aryl methyl sites for hydroxylation is 1. The van der Waals surface area contributed by atoms with Crippen LogP contribution in [-0.2, 0) is 0 Å². The first kappa shape index (κ1) is 18.4. The molecule has 1 N–H and O–H groups in total. The third kappa shape index (κ3) is 8.37. The van der Waals surface area contributed by atoms with E-state index in [0.29, 0.717) is 13.0 Å². The molecular weight excluding hydrogens is 295 g/mol. The second-order valence-electron chi connectivity index (χ2n) is 6.32. The molecule has 1 unspecified atom stereocenters. The minimum absolute atomic E-state index is 0.0424. The third-order valence-corrected chi connectivity index (χ3v) is 3.89. The number of alkyl halides is 3. The summed E-state index contributed by atoms with van der Waals surface area (Å²) in [5.41, 5.74) is -1.94. The van der Waals surface area contributed by atoms with Gasteiger partial charge in [-0.15, -0.1) is 0 Å². The lowest BCUT2D eigenvalue weighted by Gasteiger charge is -2.26. The van der Waals surface area contributed by atoms with Crippen LogP contribution in [0.3, 0.4) is 0 Å². The van der Waals surface area contributed by atoms with Crippen LogP contribution in [0.1, 0.15) is 44.2 Å². The van der Waals surface area contributed by atoms with Gasteiger partial charge in [0.1, 0.15) is 0 Å². The molecular formula is C16H24F3NS. The van der Waals surface area contributed by atoms with Crippen LogP contribution in [0.5, 0.6) is 0 Å². The van der Waals surface area contributed by atoms with E-state index in [9.17, 15) is 13.2 Å².